The Balaban J connectivity index is 0. The summed E-state index contributed by atoms with van der Waals surface area (Å²) < 4.78 is 0. The van der Waals surface area contributed by atoms with Gasteiger partial charge in [-0.05, 0) is 0 Å². The maximum Gasteiger partial charge on any atom is 0 e. The van der Waals surface area contributed by atoms with Crippen molar-refractivity contribution in [3.63, 3.8) is 0 Å². The Hall–Kier alpha value is 4.04. The Morgan fingerprint density at radius 3 is 1.00 bits per heavy atom. The van der Waals surface area contributed by atoms with Gasteiger partial charge in [0.2, 0.25) is 0 Å². The molecule has 0 N–H and O–H groups in total. The summed E-state index contributed by atoms with van der Waals surface area (Å²) in [6.07, 6.45) is 0. The van der Waals surface area contributed by atoms with Crippen LogP contribution in [0.5, 0.6) is 0 Å². The van der Waals surface area contributed by atoms with E-state index in [0.29, 0.717) is 0 Å². The van der Waals surface area contributed by atoms with Crippen molar-refractivity contribution in [3.05, 3.63) is 0 Å². The molecule has 0 saturated carbocycles. The molecule has 0 aliphatic carbocycles. The van der Waals surface area contributed by atoms with Gasteiger partial charge in [-0.25, -0.2) is 0 Å². The summed E-state index contributed by atoms with van der Waals surface area (Å²) in [5.74, 6) is 0. The average Bonchev–Trinajstić information content (AvgIpc) is 0. The van der Waals surface area contributed by atoms with Gasteiger partial charge in [0.15, 0.2) is 0 Å². The first-order chi connectivity index (χ1) is 0. The molecular weight excluding hydrogens is 224 g/mol. The van der Waals surface area contributed by atoms with Gasteiger partial charge in [-0.15, -0.1) is 0 Å². The normalized spacial score (nSPS) is 0. The average molecular weight is 229 g/mol. The van der Waals surface area contributed by atoms with Gasteiger partial charge in [-0.3, -0.25) is 0 Å². The van der Waals surface area contributed by atoms with Crippen LogP contribution >= 0.6 is 0 Å². The predicted molar refractivity (Wildman–Crippen MR) is 24.2 cm³/mol. The smallest absolute Gasteiger partial charge is 0 e. The molecule has 0 rings (SSSR count). The minimum absolute atomic E-state index is 0. The van der Waals surface area contributed by atoms with Gasteiger partial charge in [-0.1, -0.05) is 0 Å². The molecule has 0 aliphatic heterocycles. The molecule has 0 fully saturated rings. The minimum Gasteiger partial charge on any atom is 0 e. The summed E-state index contributed by atoms with van der Waals surface area (Å²) in [6.45, 7) is 0. The molecule has 0 amide bonds. The molecular formula is H5CaKSeZn. The van der Waals surface area contributed by atoms with Crippen LogP contribution in [0.3, 0.4) is 0 Å². The zero-order valence-electron chi connectivity index (χ0n) is 1.21. The van der Waals surface area contributed by atoms with E-state index in [1.807, 2.05) is 0 Å². The molecule has 0 radical (unpaired) electrons. The molecule has 0 unspecified atom stereocenters. The molecule has 4 heteroatoms. The van der Waals surface area contributed by atoms with E-state index in [2.05, 4.69) is 0 Å². The second-order valence-corrected chi connectivity index (χ2v) is 0. The van der Waals surface area contributed by atoms with Crippen molar-refractivity contribution in [1.82, 2.24) is 0 Å². The van der Waals surface area contributed by atoms with Crippen molar-refractivity contribution >= 4 is 106 Å². The van der Waals surface area contributed by atoms with Crippen molar-refractivity contribution in [2.75, 3.05) is 0 Å². The molecule has 4 heavy (non-hydrogen) atoms. The first kappa shape index (κ1) is 24.4. The van der Waals surface area contributed by atoms with E-state index < -0.39 is 0 Å². The number of hydrogen-bond donors (Lipinski definition) is 0. The van der Waals surface area contributed by atoms with Gasteiger partial charge >= 0.3 is 106 Å². The second-order valence-electron chi connectivity index (χ2n) is 0. The van der Waals surface area contributed by atoms with Crippen LogP contribution in [0, 0.1) is 0 Å². The fourth-order valence-corrected chi connectivity index (χ4v) is 0. The van der Waals surface area contributed by atoms with E-state index in [4.69, 9.17) is 0 Å². The van der Waals surface area contributed by atoms with Gasteiger partial charge in [0, 0.05) is 19.5 Å². The van der Waals surface area contributed by atoms with Crippen LogP contribution in [0.4, 0.5) is 0 Å². The van der Waals surface area contributed by atoms with Gasteiger partial charge in [-0.2, -0.15) is 0 Å². The van der Waals surface area contributed by atoms with Crippen LogP contribution < -0.4 is 0 Å². The third-order valence-corrected chi connectivity index (χ3v) is 0. The maximum absolute atomic E-state index is 0. The Morgan fingerprint density at radius 1 is 1.00 bits per heavy atom. The fraction of sp³-hybridized carbons (Fsp3) is 0. The molecule has 0 aliphatic rings. The van der Waals surface area contributed by atoms with Crippen molar-refractivity contribution in [2.45, 2.75) is 0 Å². The summed E-state index contributed by atoms with van der Waals surface area (Å²) in [5, 5.41) is 0. The Morgan fingerprint density at radius 2 is 1.00 bits per heavy atom. The van der Waals surface area contributed by atoms with Gasteiger partial charge in [0.1, 0.15) is 0 Å². The van der Waals surface area contributed by atoms with Crippen molar-refractivity contribution in [1.29, 1.82) is 0 Å². The number of hydrogen-bond acceptors (Lipinski definition) is 0. The molecule has 0 aromatic heterocycles. The number of rotatable bonds is 0. The summed E-state index contributed by atoms with van der Waals surface area (Å²) in [6, 6.07) is 0. The van der Waals surface area contributed by atoms with Crippen molar-refractivity contribution in [3.8, 4) is 0 Å². The molecule has 0 nitrogen and oxygen atoms in total. The molecule has 0 saturated heterocycles. The topological polar surface area (TPSA) is 0 Å². The monoisotopic (exact) mass is 228 g/mol. The summed E-state index contributed by atoms with van der Waals surface area (Å²) in [5.41, 5.74) is 0. The van der Waals surface area contributed by atoms with Crippen LogP contribution in [0.15, 0.2) is 0 Å². The van der Waals surface area contributed by atoms with E-state index in [1.54, 1.807) is 0 Å². The van der Waals surface area contributed by atoms with E-state index in [9.17, 15) is 0 Å². The Bertz CT molecular complexity index is 8.00. The molecule has 0 heterocycles. The van der Waals surface area contributed by atoms with Crippen molar-refractivity contribution in [2.24, 2.45) is 0 Å². The van der Waals surface area contributed by atoms with E-state index in [1.165, 1.54) is 0 Å². The summed E-state index contributed by atoms with van der Waals surface area (Å²) in [7, 11) is 0. The Labute approximate surface area is 122 Å². The molecule has 16 valence electrons. The Kier molecular flexibility index (Phi) is 96.1. The molecule has 0 aromatic carbocycles. The van der Waals surface area contributed by atoms with Gasteiger partial charge in [0.05, 0.1) is 0 Å². The summed E-state index contributed by atoms with van der Waals surface area (Å²) >= 11 is 0. The zero-order valence-corrected chi connectivity index (χ0v) is 6.27. The van der Waals surface area contributed by atoms with Crippen LogP contribution in [0.2, 0.25) is 0 Å². The second kappa shape index (κ2) is 15.7. The molecule has 0 aromatic rings. The van der Waals surface area contributed by atoms with E-state index in [0.717, 1.165) is 0 Å². The first-order valence-electron chi connectivity index (χ1n) is 0. The molecule has 0 atom stereocenters. The third kappa shape index (κ3) is 9.40. The molecule has 0 bridgehead atoms. The van der Waals surface area contributed by atoms with Crippen LogP contribution in [0.25, 0.3) is 0 Å². The zero-order chi connectivity index (χ0) is 0. The van der Waals surface area contributed by atoms with E-state index >= 15 is 0 Å². The summed E-state index contributed by atoms with van der Waals surface area (Å²) in [4.78, 5) is 0. The first-order valence-corrected chi connectivity index (χ1v) is 0. The quantitative estimate of drug-likeness (QED) is 0.403. The standard InChI is InChI=1S/Ca.K.H2Se.Zn.3H/h;;1H2;;;;. The maximum atomic E-state index is 0. The predicted octanol–water partition coefficient (Wildman–Crippen LogP) is -2.48. The van der Waals surface area contributed by atoms with Crippen molar-refractivity contribution < 1.29 is 19.5 Å². The van der Waals surface area contributed by atoms with Crippen LogP contribution in [-0.4, -0.2) is 106 Å². The van der Waals surface area contributed by atoms with Crippen LogP contribution in [0.1, 0.15) is 0 Å². The van der Waals surface area contributed by atoms with Gasteiger partial charge < -0.3 is 0 Å². The third-order valence-electron chi connectivity index (χ3n) is 0. The van der Waals surface area contributed by atoms with Gasteiger partial charge in [0.25, 0.3) is 0 Å². The SMILES string of the molecule is [CaH2].[KH].[SeH2].[Zn]. The largest absolute Gasteiger partial charge is 0 e. The fourth-order valence-electron chi connectivity index (χ4n) is 0. The molecule has 0 spiro atoms. The van der Waals surface area contributed by atoms with E-state index in [-0.39, 0.29) is 126 Å². The minimum atomic E-state index is 0. The van der Waals surface area contributed by atoms with Crippen LogP contribution in [-0.2, 0) is 19.5 Å².